The van der Waals surface area contributed by atoms with E-state index in [0.717, 1.165) is 18.8 Å². The van der Waals surface area contributed by atoms with Gasteiger partial charge in [0.05, 0.1) is 12.0 Å². The highest BCUT2D eigenvalue weighted by Crippen LogP contribution is 2.13. The Hall–Kier alpha value is -1.36. The number of nitrogens with two attached hydrogens (primary N) is 1. The van der Waals surface area contributed by atoms with E-state index in [1.807, 2.05) is 17.7 Å². The molecule has 1 amide bonds. The molecule has 5 nitrogen and oxygen atoms in total. The standard InChI is InChI=1S/C12H22N4O/c1-9(2)5-14-6-11-7-15-8-16(11)10(3)4-12(13)17/h7-10,14H,4-6H2,1-3H3,(H2,13,17). The Labute approximate surface area is 102 Å². The average molecular weight is 238 g/mol. The highest BCUT2D eigenvalue weighted by atomic mass is 16.1. The number of nitrogens with zero attached hydrogens (tertiary/aromatic N) is 2. The zero-order valence-electron chi connectivity index (χ0n) is 10.8. The Morgan fingerprint density at radius 2 is 2.24 bits per heavy atom. The monoisotopic (exact) mass is 238 g/mol. The second-order valence-corrected chi connectivity index (χ2v) is 4.84. The molecule has 0 radical (unpaired) electrons. The molecule has 17 heavy (non-hydrogen) atoms. The zero-order chi connectivity index (χ0) is 12.8. The fraction of sp³-hybridized carbons (Fsp3) is 0.667. The van der Waals surface area contributed by atoms with Crippen LogP contribution >= 0.6 is 0 Å². The maximum Gasteiger partial charge on any atom is 0.219 e. The van der Waals surface area contributed by atoms with E-state index in [1.165, 1.54) is 0 Å². The maximum atomic E-state index is 10.9. The van der Waals surface area contributed by atoms with Gasteiger partial charge in [-0.3, -0.25) is 4.79 Å². The lowest BCUT2D eigenvalue weighted by molar-refractivity contribution is -0.118. The van der Waals surface area contributed by atoms with Crippen molar-refractivity contribution in [3.63, 3.8) is 0 Å². The fourth-order valence-corrected chi connectivity index (χ4v) is 1.74. The smallest absolute Gasteiger partial charge is 0.219 e. The molecule has 0 aliphatic rings. The van der Waals surface area contributed by atoms with E-state index < -0.39 is 0 Å². The van der Waals surface area contributed by atoms with Crippen molar-refractivity contribution < 1.29 is 4.79 Å². The zero-order valence-corrected chi connectivity index (χ0v) is 10.8. The van der Waals surface area contributed by atoms with Crippen LogP contribution in [-0.2, 0) is 11.3 Å². The van der Waals surface area contributed by atoms with Crippen LogP contribution in [0.1, 0.15) is 38.9 Å². The molecule has 5 heteroatoms. The van der Waals surface area contributed by atoms with E-state index in [-0.39, 0.29) is 11.9 Å². The second-order valence-electron chi connectivity index (χ2n) is 4.84. The number of primary amides is 1. The first kappa shape index (κ1) is 13.7. The predicted molar refractivity (Wildman–Crippen MR) is 67.3 cm³/mol. The Morgan fingerprint density at radius 1 is 1.53 bits per heavy atom. The van der Waals surface area contributed by atoms with Crippen molar-refractivity contribution in [2.45, 2.75) is 39.8 Å². The molecule has 1 aromatic heterocycles. The van der Waals surface area contributed by atoms with Crippen LogP contribution < -0.4 is 11.1 Å². The van der Waals surface area contributed by atoms with Crippen LogP contribution in [0.5, 0.6) is 0 Å². The Morgan fingerprint density at radius 3 is 2.82 bits per heavy atom. The number of imidazole rings is 1. The lowest BCUT2D eigenvalue weighted by Crippen LogP contribution is -2.23. The van der Waals surface area contributed by atoms with Gasteiger partial charge in [-0.1, -0.05) is 13.8 Å². The van der Waals surface area contributed by atoms with Crippen LogP contribution in [0, 0.1) is 5.92 Å². The van der Waals surface area contributed by atoms with Crippen LogP contribution in [0.2, 0.25) is 0 Å². The van der Waals surface area contributed by atoms with Gasteiger partial charge in [0, 0.05) is 25.2 Å². The van der Waals surface area contributed by atoms with Gasteiger partial charge < -0.3 is 15.6 Å². The number of carbonyl (C=O) groups excluding carboxylic acids is 1. The summed E-state index contributed by atoms with van der Waals surface area (Å²) < 4.78 is 2.00. The number of nitrogens with one attached hydrogen (secondary N) is 1. The molecule has 0 aliphatic heterocycles. The van der Waals surface area contributed by atoms with Gasteiger partial charge in [-0.15, -0.1) is 0 Å². The molecule has 0 bridgehead atoms. The molecule has 96 valence electrons. The van der Waals surface area contributed by atoms with Crippen molar-refractivity contribution in [3.8, 4) is 0 Å². The first-order valence-corrected chi connectivity index (χ1v) is 6.00. The van der Waals surface area contributed by atoms with Crippen molar-refractivity contribution in [2.75, 3.05) is 6.54 Å². The number of hydrogen-bond acceptors (Lipinski definition) is 3. The first-order chi connectivity index (χ1) is 8.00. The largest absolute Gasteiger partial charge is 0.370 e. The number of aromatic nitrogens is 2. The van der Waals surface area contributed by atoms with E-state index >= 15 is 0 Å². The molecule has 0 saturated heterocycles. The van der Waals surface area contributed by atoms with E-state index in [0.29, 0.717) is 12.3 Å². The molecule has 0 aromatic carbocycles. The van der Waals surface area contributed by atoms with Crippen molar-refractivity contribution in [2.24, 2.45) is 11.7 Å². The van der Waals surface area contributed by atoms with Crippen LogP contribution in [0.3, 0.4) is 0 Å². The van der Waals surface area contributed by atoms with Crippen LogP contribution in [0.15, 0.2) is 12.5 Å². The summed E-state index contributed by atoms with van der Waals surface area (Å²) >= 11 is 0. The van der Waals surface area contributed by atoms with Gasteiger partial charge in [-0.25, -0.2) is 4.98 Å². The quantitative estimate of drug-likeness (QED) is 0.746. The molecule has 0 aliphatic carbocycles. The van der Waals surface area contributed by atoms with Gasteiger partial charge in [-0.05, 0) is 19.4 Å². The summed E-state index contributed by atoms with van der Waals surface area (Å²) in [6, 6.07) is 0.0610. The van der Waals surface area contributed by atoms with E-state index in [2.05, 4.69) is 24.1 Å². The van der Waals surface area contributed by atoms with Gasteiger partial charge in [0.25, 0.3) is 0 Å². The summed E-state index contributed by atoms with van der Waals surface area (Å²) in [6.45, 7) is 8.04. The van der Waals surface area contributed by atoms with Crippen molar-refractivity contribution in [3.05, 3.63) is 18.2 Å². The molecular weight excluding hydrogens is 216 g/mol. The molecule has 1 aromatic rings. The Kier molecular flexibility index (Phi) is 5.15. The molecule has 1 rings (SSSR count). The van der Waals surface area contributed by atoms with Gasteiger partial charge in [0.15, 0.2) is 0 Å². The summed E-state index contributed by atoms with van der Waals surface area (Å²) in [6.07, 6.45) is 3.92. The van der Waals surface area contributed by atoms with Crippen molar-refractivity contribution in [1.29, 1.82) is 0 Å². The number of carbonyl (C=O) groups is 1. The summed E-state index contributed by atoms with van der Waals surface area (Å²) in [5.74, 6) is 0.335. The topological polar surface area (TPSA) is 72.9 Å². The molecule has 1 heterocycles. The summed E-state index contributed by atoms with van der Waals surface area (Å²) in [7, 11) is 0. The Balaban J connectivity index is 2.56. The third kappa shape index (κ3) is 4.56. The number of rotatable bonds is 7. The lowest BCUT2D eigenvalue weighted by atomic mass is 10.2. The van der Waals surface area contributed by atoms with Gasteiger partial charge in [0.2, 0.25) is 5.91 Å². The van der Waals surface area contributed by atoms with E-state index in [4.69, 9.17) is 5.73 Å². The summed E-state index contributed by atoms with van der Waals surface area (Å²) in [5, 5.41) is 3.36. The SMILES string of the molecule is CC(C)CNCc1cncn1C(C)CC(N)=O. The van der Waals surface area contributed by atoms with Crippen LogP contribution in [0.4, 0.5) is 0 Å². The second kappa shape index (κ2) is 6.39. The summed E-state index contributed by atoms with van der Waals surface area (Å²) in [4.78, 5) is 15.0. The minimum Gasteiger partial charge on any atom is -0.370 e. The Bertz CT molecular complexity index is 359. The average Bonchev–Trinajstić information content (AvgIpc) is 2.64. The molecule has 3 N–H and O–H groups in total. The minimum absolute atomic E-state index is 0.0610. The molecule has 0 fully saturated rings. The normalized spacial score (nSPS) is 12.9. The third-order valence-electron chi connectivity index (χ3n) is 2.58. The predicted octanol–water partition coefficient (Wildman–Crippen LogP) is 1.07. The number of hydrogen-bond donors (Lipinski definition) is 2. The fourth-order valence-electron chi connectivity index (χ4n) is 1.74. The highest BCUT2D eigenvalue weighted by molar-refractivity contribution is 5.74. The van der Waals surface area contributed by atoms with Gasteiger partial charge >= 0.3 is 0 Å². The van der Waals surface area contributed by atoms with E-state index in [1.54, 1.807) is 6.33 Å². The molecule has 0 spiro atoms. The van der Waals surface area contributed by atoms with Crippen molar-refractivity contribution >= 4 is 5.91 Å². The van der Waals surface area contributed by atoms with Gasteiger partial charge in [-0.2, -0.15) is 0 Å². The summed E-state index contributed by atoms with van der Waals surface area (Å²) in [5.41, 5.74) is 6.28. The molecule has 1 unspecified atom stereocenters. The maximum absolute atomic E-state index is 10.9. The van der Waals surface area contributed by atoms with Crippen LogP contribution in [0.25, 0.3) is 0 Å². The highest BCUT2D eigenvalue weighted by Gasteiger charge is 2.11. The van der Waals surface area contributed by atoms with E-state index in [9.17, 15) is 4.79 Å². The number of amides is 1. The van der Waals surface area contributed by atoms with Crippen molar-refractivity contribution in [1.82, 2.24) is 14.9 Å². The first-order valence-electron chi connectivity index (χ1n) is 6.00. The molecular formula is C12H22N4O. The van der Waals surface area contributed by atoms with Gasteiger partial charge in [0.1, 0.15) is 0 Å². The minimum atomic E-state index is -0.285. The molecule has 1 atom stereocenters. The van der Waals surface area contributed by atoms with Crippen LogP contribution in [-0.4, -0.2) is 22.0 Å². The third-order valence-corrected chi connectivity index (χ3v) is 2.58. The molecule has 0 saturated carbocycles. The lowest BCUT2D eigenvalue weighted by Gasteiger charge is -2.15.